The van der Waals surface area contributed by atoms with Gasteiger partial charge in [0, 0.05) is 13.2 Å². The summed E-state index contributed by atoms with van der Waals surface area (Å²) in [6.07, 6.45) is 3.84. The highest BCUT2D eigenvalue weighted by atomic mass is 32.2. The number of aromatic nitrogens is 2. The first-order valence-corrected chi connectivity index (χ1v) is 9.71. The van der Waals surface area contributed by atoms with Crippen LogP contribution in [0.1, 0.15) is 32.9 Å². The molecule has 1 aliphatic heterocycles. The van der Waals surface area contributed by atoms with E-state index in [1.807, 2.05) is 26.8 Å². The molecule has 0 bridgehead atoms. The van der Waals surface area contributed by atoms with Gasteiger partial charge < -0.3 is 9.47 Å². The monoisotopic (exact) mass is 357 g/mol. The van der Waals surface area contributed by atoms with Crippen LogP contribution in [0.3, 0.4) is 0 Å². The molecule has 1 fully saturated rings. The summed E-state index contributed by atoms with van der Waals surface area (Å²) >= 11 is 0. The zero-order valence-corrected chi connectivity index (χ0v) is 15.6. The SMILES string of the molecule is CCn1ncc(S(=O)(=O)N[C@@H]2COCC[C@@H]2OCC=C(C)C)c1C. The van der Waals surface area contributed by atoms with Crippen molar-refractivity contribution in [3.63, 3.8) is 0 Å². The fourth-order valence-electron chi connectivity index (χ4n) is 2.64. The van der Waals surface area contributed by atoms with Crippen molar-refractivity contribution in [3.8, 4) is 0 Å². The molecule has 0 radical (unpaired) electrons. The summed E-state index contributed by atoms with van der Waals surface area (Å²) in [7, 11) is -3.66. The van der Waals surface area contributed by atoms with Crippen LogP contribution in [0.25, 0.3) is 0 Å². The van der Waals surface area contributed by atoms with Crippen molar-refractivity contribution in [3.05, 3.63) is 23.5 Å². The van der Waals surface area contributed by atoms with Gasteiger partial charge in [-0.3, -0.25) is 4.68 Å². The molecule has 24 heavy (non-hydrogen) atoms. The summed E-state index contributed by atoms with van der Waals surface area (Å²) in [6.45, 7) is 9.66. The molecular formula is C16H27N3O4S. The highest BCUT2D eigenvalue weighted by molar-refractivity contribution is 7.89. The van der Waals surface area contributed by atoms with E-state index in [0.29, 0.717) is 38.5 Å². The molecule has 0 aliphatic carbocycles. The predicted molar refractivity (Wildman–Crippen MR) is 91.4 cm³/mol. The summed E-state index contributed by atoms with van der Waals surface area (Å²) in [5, 5.41) is 4.11. The molecule has 8 heteroatoms. The molecule has 1 aliphatic rings. The normalized spacial score (nSPS) is 21.7. The van der Waals surface area contributed by atoms with Gasteiger partial charge in [-0.15, -0.1) is 0 Å². The van der Waals surface area contributed by atoms with E-state index in [2.05, 4.69) is 9.82 Å². The van der Waals surface area contributed by atoms with E-state index in [-0.39, 0.29) is 11.0 Å². The number of nitrogens with zero attached hydrogens (tertiary/aromatic N) is 2. The number of sulfonamides is 1. The Morgan fingerprint density at radius 1 is 1.54 bits per heavy atom. The van der Waals surface area contributed by atoms with Gasteiger partial charge in [0.2, 0.25) is 10.0 Å². The molecule has 2 heterocycles. The van der Waals surface area contributed by atoms with E-state index >= 15 is 0 Å². The molecule has 2 rings (SSSR count). The van der Waals surface area contributed by atoms with Crippen LogP contribution in [0.5, 0.6) is 0 Å². The van der Waals surface area contributed by atoms with Gasteiger partial charge >= 0.3 is 0 Å². The smallest absolute Gasteiger partial charge is 0.244 e. The first-order valence-electron chi connectivity index (χ1n) is 8.22. The second-order valence-electron chi connectivity index (χ2n) is 6.15. The minimum absolute atomic E-state index is 0.203. The first kappa shape index (κ1) is 19.1. The Bertz CT molecular complexity index is 677. The van der Waals surface area contributed by atoms with E-state index in [0.717, 1.165) is 0 Å². The average molecular weight is 357 g/mol. The standard InChI is InChI=1S/C16H27N3O4S/c1-5-19-13(4)16(10-17-19)24(20,21)18-14-11-22-8-7-15(14)23-9-6-12(2)3/h6,10,14-15,18H,5,7-9,11H2,1-4H3/t14-,15+/m1/s1. The maximum Gasteiger partial charge on any atom is 0.244 e. The van der Waals surface area contributed by atoms with Crippen LogP contribution in [0.4, 0.5) is 0 Å². The first-order chi connectivity index (χ1) is 11.3. The van der Waals surface area contributed by atoms with Crippen molar-refractivity contribution in [2.45, 2.75) is 57.7 Å². The fraction of sp³-hybridized carbons (Fsp3) is 0.688. The van der Waals surface area contributed by atoms with Crippen LogP contribution in [-0.4, -0.2) is 50.2 Å². The summed E-state index contributed by atoms with van der Waals surface area (Å²) < 4.78 is 41.0. The highest BCUT2D eigenvalue weighted by Crippen LogP contribution is 2.18. The highest BCUT2D eigenvalue weighted by Gasteiger charge is 2.32. The molecule has 0 unspecified atom stereocenters. The Hall–Kier alpha value is -1.22. The van der Waals surface area contributed by atoms with Gasteiger partial charge in [0.15, 0.2) is 0 Å². The number of rotatable bonds is 7. The molecule has 7 nitrogen and oxygen atoms in total. The predicted octanol–water partition coefficient (Wildman–Crippen LogP) is 1.63. The minimum atomic E-state index is -3.66. The lowest BCUT2D eigenvalue weighted by Crippen LogP contribution is -2.50. The summed E-state index contributed by atoms with van der Waals surface area (Å²) in [6, 6.07) is -0.404. The number of nitrogens with one attached hydrogen (secondary N) is 1. The number of allylic oxidation sites excluding steroid dienone is 1. The van der Waals surface area contributed by atoms with E-state index in [9.17, 15) is 8.42 Å². The van der Waals surface area contributed by atoms with E-state index in [4.69, 9.17) is 9.47 Å². The summed E-state index contributed by atoms with van der Waals surface area (Å²) in [4.78, 5) is 0.206. The number of ether oxygens (including phenoxy) is 2. The largest absolute Gasteiger partial charge is 0.380 e. The Balaban J connectivity index is 2.10. The van der Waals surface area contributed by atoms with Gasteiger partial charge in [-0.25, -0.2) is 13.1 Å². The van der Waals surface area contributed by atoms with Crippen molar-refractivity contribution in [2.75, 3.05) is 19.8 Å². The van der Waals surface area contributed by atoms with Crippen molar-refractivity contribution < 1.29 is 17.9 Å². The zero-order chi connectivity index (χ0) is 17.7. The van der Waals surface area contributed by atoms with Crippen LogP contribution in [0, 0.1) is 6.92 Å². The summed E-state index contributed by atoms with van der Waals surface area (Å²) in [5.41, 5.74) is 1.80. The van der Waals surface area contributed by atoms with Crippen molar-refractivity contribution >= 4 is 10.0 Å². The van der Waals surface area contributed by atoms with Crippen LogP contribution in [0.2, 0.25) is 0 Å². The van der Waals surface area contributed by atoms with Crippen molar-refractivity contribution in [1.82, 2.24) is 14.5 Å². The molecule has 1 N–H and O–H groups in total. The van der Waals surface area contributed by atoms with Crippen LogP contribution in [0.15, 0.2) is 22.7 Å². The zero-order valence-electron chi connectivity index (χ0n) is 14.8. The molecule has 1 aromatic rings. The third kappa shape index (κ3) is 4.66. The van der Waals surface area contributed by atoms with Crippen LogP contribution >= 0.6 is 0 Å². The third-order valence-electron chi connectivity index (χ3n) is 4.05. The Labute approximate surface area is 144 Å². The topological polar surface area (TPSA) is 82.5 Å². The van der Waals surface area contributed by atoms with Gasteiger partial charge in [-0.1, -0.05) is 11.6 Å². The lowest BCUT2D eigenvalue weighted by atomic mass is 10.1. The molecule has 0 aromatic carbocycles. The van der Waals surface area contributed by atoms with Crippen LogP contribution in [-0.2, 0) is 26.0 Å². The molecule has 0 amide bonds. The average Bonchev–Trinajstić information content (AvgIpc) is 2.90. The van der Waals surface area contributed by atoms with E-state index in [1.165, 1.54) is 11.8 Å². The molecule has 136 valence electrons. The molecular weight excluding hydrogens is 330 g/mol. The minimum Gasteiger partial charge on any atom is -0.380 e. The second kappa shape index (κ2) is 8.24. The molecule has 0 saturated carbocycles. The lowest BCUT2D eigenvalue weighted by Gasteiger charge is -2.31. The number of hydrogen-bond acceptors (Lipinski definition) is 5. The lowest BCUT2D eigenvalue weighted by molar-refractivity contribution is -0.0418. The van der Waals surface area contributed by atoms with E-state index < -0.39 is 16.1 Å². The number of aryl methyl sites for hydroxylation is 1. The summed E-state index contributed by atoms with van der Waals surface area (Å²) in [5.74, 6) is 0. The maximum absolute atomic E-state index is 12.7. The molecule has 1 saturated heterocycles. The van der Waals surface area contributed by atoms with Crippen LogP contribution < -0.4 is 4.72 Å². The van der Waals surface area contributed by atoms with E-state index in [1.54, 1.807) is 11.6 Å². The van der Waals surface area contributed by atoms with Gasteiger partial charge in [0.05, 0.1) is 37.3 Å². The van der Waals surface area contributed by atoms with Crippen molar-refractivity contribution in [1.29, 1.82) is 0 Å². The van der Waals surface area contributed by atoms with Gasteiger partial charge in [0.25, 0.3) is 0 Å². The molecule has 1 aromatic heterocycles. The third-order valence-corrected chi connectivity index (χ3v) is 5.64. The Morgan fingerprint density at radius 3 is 2.92 bits per heavy atom. The van der Waals surface area contributed by atoms with Gasteiger partial charge in [0.1, 0.15) is 4.90 Å². The second-order valence-corrected chi connectivity index (χ2v) is 7.84. The van der Waals surface area contributed by atoms with Gasteiger partial charge in [-0.2, -0.15) is 5.10 Å². The molecule has 2 atom stereocenters. The quantitative estimate of drug-likeness (QED) is 0.750. The maximum atomic E-state index is 12.7. The fourth-order valence-corrected chi connectivity index (χ4v) is 4.07. The van der Waals surface area contributed by atoms with Gasteiger partial charge in [-0.05, 0) is 34.1 Å². The Morgan fingerprint density at radius 2 is 2.29 bits per heavy atom. The number of hydrogen-bond donors (Lipinski definition) is 1. The Kier molecular flexibility index (Phi) is 6.56. The molecule has 0 spiro atoms. The van der Waals surface area contributed by atoms with Crippen molar-refractivity contribution in [2.24, 2.45) is 0 Å².